The highest BCUT2D eigenvalue weighted by atomic mass is 32.2. The summed E-state index contributed by atoms with van der Waals surface area (Å²) in [5, 5.41) is 2.53. The Morgan fingerprint density at radius 1 is 1.17 bits per heavy atom. The summed E-state index contributed by atoms with van der Waals surface area (Å²) >= 11 is 0. The molecule has 0 spiro atoms. The average molecular weight is 424 g/mol. The van der Waals surface area contributed by atoms with Gasteiger partial charge in [0, 0.05) is 24.8 Å². The molecule has 1 unspecified atom stereocenters. The van der Waals surface area contributed by atoms with Crippen molar-refractivity contribution < 1.29 is 26.7 Å². The zero-order valence-electron chi connectivity index (χ0n) is 16.1. The van der Waals surface area contributed by atoms with E-state index in [1.54, 1.807) is 25.1 Å². The summed E-state index contributed by atoms with van der Waals surface area (Å²) in [6.45, 7) is 2.07. The van der Waals surface area contributed by atoms with E-state index in [0.717, 1.165) is 17.7 Å². The molecule has 156 valence electrons. The second kappa shape index (κ2) is 8.46. The molecule has 0 aliphatic carbocycles. The first-order valence-electron chi connectivity index (χ1n) is 9.13. The van der Waals surface area contributed by atoms with Crippen molar-refractivity contribution in [1.29, 1.82) is 0 Å². The van der Waals surface area contributed by atoms with Crippen LogP contribution in [0, 0.1) is 24.5 Å². The number of anilines is 1. The van der Waals surface area contributed by atoms with Gasteiger partial charge in [0.1, 0.15) is 10.6 Å². The Bertz CT molecular complexity index is 1030. The second-order valence-electron chi connectivity index (χ2n) is 6.97. The minimum absolute atomic E-state index is 0.00502. The number of aryl methyl sites for hydroxylation is 1. The third kappa shape index (κ3) is 4.56. The number of hydrogen-bond acceptors (Lipinski definition) is 4. The van der Waals surface area contributed by atoms with Crippen LogP contribution in [-0.2, 0) is 14.8 Å². The molecule has 0 aromatic heterocycles. The number of benzene rings is 2. The fraction of sp³-hybridized carbons (Fsp3) is 0.350. The van der Waals surface area contributed by atoms with Crippen molar-refractivity contribution in [2.24, 2.45) is 5.92 Å². The van der Waals surface area contributed by atoms with Crippen LogP contribution in [0.15, 0.2) is 41.3 Å². The molecule has 1 heterocycles. The van der Waals surface area contributed by atoms with Gasteiger partial charge in [0.25, 0.3) is 0 Å². The molecule has 6 nitrogen and oxygen atoms in total. The predicted octanol–water partition coefficient (Wildman–Crippen LogP) is 3.32. The van der Waals surface area contributed by atoms with Crippen LogP contribution in [0.5, 0.6) is 5.75 Å². The molecule has 1 fully saturated rings. The summed E-state index contributed by atoms with van der Waals surface area (Å²) in [5.41, 5.74) is 0.892. The highest BCUT2D eigenvalue weighted by Gasteiger charge is 2.35. The lowest BCUT2D eigenvalue weighted by Crippen LogP contribution is -2.43. The quantitative estimate of drug-likeness (QED) is 0.799. The fourth-order valence-corrected chi connectivity index (χ4v) is 5.08. The molecule has 9 heteroatoms. The van der Waals surface area contributed by atoms with E-state index in [4.69, 9.17) is 4.74 Å². The molecular weight excluding hydrogens is 402 g/mol. The Hall–Kier alpha value is -2.52. The Balaban J connectivity index is 1.78. The smallest absolute Gasteiger partial charge is 0.246 e. The number of sulfonamides is 1. The minimum Gasteiger partial charge on any atom is -0.495 e. The standard InChI is InChI=1S/C20H22F2N2O4S/c1-13-5-8-18(28-2)19(10-13)29(26,27)24-9-3-4-14(12-24)20(25)23-15-6-7-16(21)17(22)11-15/h5-8,10-11,14H,3-4,9,12H2,1-2H3,(H,23,25). The van der Waals surface area contributed by atoms with Gasteiger partial charge in [-0.1, -0.05) is 6.07 Å². The molecule has 0 saturated carbocycles. The molecule has 0 radical (unpaired) electrons. The van der Waals surface area contributed by atoms with Gasteiger partial charge in [0.05, 0.1) is 13.0 Å². The number of carbonyl (C=O) groups is 1. The van der Waals surface area contributed by atoms with Crippen molar-refractivity contribution in [3.8, 4) is 5.75 Å². The second-order valence-corrected chi connectivity index (χ2v) is 8.88. The lowest BCUT2D eigenvalue weighted by atomic mass is 9.98. The summed E-state index contributed by atoms with van der Waals surface area (Å²) in [6, 6.07) is 7.96. The SMILES string of the molecule is COc1ccc(C)cc1S(=O)(=O)N1CCCC(C(=O)Nc2ccc(F)c(F)c2)C1. The maximum Gasteiger partial charge on any atom is 0.246 e. The Kier molecular flexibility index (Phi) is 6.18. The lowest BCUT2D eigenvalue weighted by Gasteiger charge is -2.31. The van der Waals surface area contributed by atoms with Crippen molar-refractivity contribution in [2.75, 3.05) is 25.5 Å². The van der Waals surface area contributed by atoms with Crippen LogP contribution in [0.3, 0.4) is 0 Å². The maximum atomic E-state index is 13.4. The van der Waals surface area contributed by atoms with Gasteiger partial charge in [-0.25, -0.2) is 17.2 Å². The van der Waals surface area contributed by atoms with Crippen molar-refractivity contribution in [2.45, 2.75) is 24.7 Å². The molecule has 2 aromatic carbocycles. The van der Waals surface area contributed by atoms with Gasteiger partial charge in [-0.05, 0) is 49.6 Å². The largest absolute Gasteiger partial charge is 0.495 e. The number of methoxy groups -OCH3 is 1. The lowest BCUT2D eigenvalue weighted by molar-refractivity contribution is -0.120. The average Bonchev–Trinajstić information content (AvgIpc) is 2.70. The maximum absolute atomic E-state index is 13.4. The number of piperidine rings is 1. The van der Waals surface area contributed by atoms with Gasteiger partial charge in [-0.15, -0.1) is 0 Å². The van der Waals surface area contributed by atoms with E-state index in [0.29, 0.717) is 12.8 Å². The number of hydrogen-bond donors (Lipinski definition) is 1. The van der Waals surface area contributed by atoms with Crippen molar-refractivity contribution in [3.05, 3.63) is 53.6 Å². The molecule has 1 saturated heterocycles. The van der Waals surface area contributed by atoms with Gasteiger partial charge < -0.3 is 10.1 Å². The number of carbonyl (C=O) groups excluding carboxylic acids is 1. The van der Waals surface area contributed by atoms with Gasteiger partial charge >= 0.3 is 0 Å². The third-order valence-electron chi connectivity index (χ3n) is 4.88. The highest BCUT2D eigenvalue weighted by molar-refractivity contribution is 7.89. The van der Waals surface area contributed by atoms with Gasteiger partial charge in [-0.3, -0.25) is 4.79 Å². The summed E-state index contributed by atoms with van der Waals surface area (Å²) in [4.78, 5) is 12.6. The molecule has 1 N–H and O–H groups in total. The van der Waals surface area contributed by atoms with Crippen LogP contribution >= 0.6 is 0 Å². The number of nitrogens with one attached hydrogen (secondary N) is 1. The molecule has 2 aromatic rings. The highest BCUT2D eigenvalue weighted by Crippen LogP contribution is 2.31. The molecular formula is C20H22F2N2O4S. The summed E-state index contributed by atoms with van der Waals surface area (Å²) in [6.07, 6.45) is 0.996. The van der Waals surface area contributed by atoms with E-state index < -0.39 is 33.5 Å². The summed E-state index contributed by atoms with van der Waals surface area (Å²) in [5.74, 6) is -2.88. The predicted molar refractivity (Wildman–Crippen MR) is 104 cm³/mol. The molecule has 29 heavy (non-hydrogen) atoms. The van der Waals surface area contributed by atoms with Gasteiger partial charge in [-0.2, -0.15) is 4.31 Å². The monoisotopic (exact) mass is 424 g/mol. The van der Waals surface area contributed by atoms with E-state index in [1.165, 1.54) is 17.5 Å². The summed E-state index contributed by atoms with van der Waals surface area (Å²) < 4.78 is 59.2. The Morgan fingerprint density at radius 2 is 1.93 bits per heavy atom. The van der Waals surface area contributed by atoms with Crippen molar-refractivity contribution in [3.63, 3.8) is 0 Å². The molecule has 1 atom stereocenters. The number of ether oxygens (including phenoxy) is 1. The van der Waals surface area contributed by atoms with Crippen LogP contribution in [0.4, 0.5) is 14.5 Å². The first-order chi connectivity index (χ1) is 13.7. The minimum atomic E-state index is -3.86. The van der Waals surface area contributed by atoms with E-state index in [2.05, 4.69) is 5.32 Å². The summed E-state index contributed by atoms with van der Waals surface area (Å²) in [7, 11) is -2.46. The molecule has 1 amide bonds. The number of amides is 1. The third-order valence-corrected chi connectivity index (χ3v) is 6.77. The van der Waals surface area contributed by atoms with E-state index in [9.17, 15) is 22.0 Å². The first-order valence-corrected chi connectivity index (χ1v) is 10.6. The Morgan fingerprint density at radius 3 is 2.62 bits per heavy atom. The van der Waals surface area contributed by atoms with Gasteiger partial charge in [0.15, 0.2) is 11.6 Å². The number of nitrogens with zero attached hydrogens (tertiary/aromatic N) is 1. The van der Waals surface area contributed by atoms with Crippen LogP contribution < -0.4 is 10.1 Å². The van der Waals surface area contributed by atoms with Crippen molar-refractivity contribution >= 4 is 21.6 Å². The molecule has 3 rings (SSSR count). The van der Waals surface area contributed by atoms with Crippen LogP contribution in [0.1, 0.15) is 18.4 Å². The first kappa shape index (κ1) is 21.2. The van der Waals surface area contributed by atoms with E-state index in [1.807, 2.05) is 0 Å². The molecule has 0 bridgehead atoms. The van der Waals surface area contributed by atoms with Crippen LogP contribution in [0.25, 0.3) is 0 Å². The zero-order chi connectivity index (χ0) is 21.2. The van der Waals surface area contributed by atoms with E-state index in [-0.39, 0.29) is 29.4 Å². The Labute approximate surface area is 168 Å². The number of halogens is 2. The van der Waals surface area contributed by atoms with Gasteiger partial charge in [0.2, 0.25) is 15.9 Å². The number of rotatable bonds is 5. The topological polar surface area (TPSA) is 75.7 Å². The fourth-order valence-electron chi connectivity index (χ4n) is 3.32. The van der Waals surface area contributed by atoms with Crippen molar-refractivity contribution in [1.82, 2.24) is 4.31 Å². The van der Waals surface area contributed by atoms with E-state index >= 15 is 0 Å². The normalized spacial score (nSPS) is 17.7. The van der Waals surface area contributed by atoms with Crippen LogP contribution in [-0.4, -0.2) is 38.8 Å². The molecule has 1 aliphatic heterocycles. The zero-order valence-corrected chi connectivity index (χ0v) is 16.9. The molecule has 1 aliphatic rings. The van der Waals surface area contributed by atoms with Crippen LogP contribution in [0.2, 0.25) is 0 Å².